The maximum atomic E-state index is 8.69. The van der Waals surface area contributed by atoms with Crippen LogP contribution in [0.4, 0.5) is 0 Å². The summed E-state index contributed by atoms with van der Waals surface area (Å²) in [6, 6.07) is 0. The van der Waals surface area contributed by atoms with Crippen LogP contribution in [0.1, 0.15) is 65.2 Å². The Labute approximate surface area is 112 Å². The summed E-state index contributed by atoms with van der Waals surface area (Å²) in [5.74, 6) is 1.15. The first kappa shape index (κ1) is 17.3. The number of hydrogen-bond donors (Lipinski definition) is 1. The molecule has 1 rings (SSSR count). The quantitative estimate of drug-likeness (QED) is 0.664. The Kier molecular flexibility index (Phi) is 14.6. The molecule has 104 valence electrons. The van der Waals surface area contributed by atoms with E-state index in [0.29, 0.717) is 0 Å². The van der Waals surface area contributed by atoms with Gasteiger partial charge in [-0.2, -0.15) is 0 Å². The van der Waals surface area contributed by atoms with Gasteiger partial charge in [0, 0.05) is 13.2 Å². The van der Waals surface area contributed by atoms with Crippen LogP contribution in [0.5, 0.6) is 0 Å². The average molecular weight is 262 g/mol. The van der Waals surface area contributed by atoms with Gasteiger partial charge in [0.15, 0.2) is 0 Å². The summed E-state index contributed by atoms with van der Waals surface area (Å²) in [5.41, 5.74) is -0.0370. The highest BCUT2D eigenvalue weighted by atomic mass is 32.2. The normalized spacial score (nSPS) is 18.9. The van der Waals surface area contributed by atoms with Crippen molar-refractivity contribution < 1.29 is 9.84 Å². The van der Waals surface area contributed by atoms with Crippen LogP contribution in [0.2, 0.25) is 0 Å². The van der Waals surface area contributed by atoms with Crippen LogP contribution in [0.3, 0.4) is 0 Å². The molecule has 17 heavy (non-hydrogen) atoms. The number of rotatable bonds is 8. The lowest BCUT2D eigenvalue weighted by molar-refractivity contribution is 0.126. The molecule has 0 amide bonds. The molecule has 0 saturated carbocycles. The van der Waals surface area contributed by atoms with E-state index < -0.39 is 0 Å². The van der Waals surface area contributed by atoms with Crippen LogP contribution < -0.4 is 0 Å². The lowest BCUT2D eigenvalue weighted by atomic mass is 10.2. The molecule has 0 aromatic heterocycles. The number of thioether (sulfide) groups is 1. The Morgan fingerprint density at radius 3 is 1.94 bits per heavy atom. The van der Waals surface area contributed by atoms with Gasteiger partial charge < -0.3 is 9.84 Å². The largest absolute Gasteiger partial charge is 0.382 e. The third-order valence-electron chi connectivity index (χ3n) is 2.69. The highest BCUT2D eigenvalue weighted by Gasteiger charge is 2.09. The average Bonchev–Trinajstić information content (AvgIpc) is 2.80. The Bertz CT molecular complexity index is 128. The smallest absolute Gasteiger partial charge is 0.0993 e. The Balaban J connectivity index is 0.000000354. The first-order valence-corrected chi connectivity index (χ1v) is 8.23. The van der Waals surface area contributed by atoms with Crippen LogP contribution in [0, 0.1) is 0 Å². The predicted octanol–water partition coefficient (Wildman–Crippen LogP) is 4.22. The van der Waals surface area contributed by atoms with Crippen LogP contribution >= 0.6 is 11.8 Å². The van der Waals surface area contributed by atoms with E-state index in [1.165, 1.54) is 44.9 Å². The van der Waals surface area contributed by atoms with Crippen LogP contribution in [0.15, 0.2) is 0 Å². The molecule has 1 atom stereocenters. The van der Waals surface area contributed by atoms with Gasteiger partial charge >= 0.3 is 0 Å². The molecule has 0 aromatic carbocycles. The molecule has 2 nitrogen and oxygen atoms in total. The van der Waals surface area contributed by atoms with Crippen molar-refractivity contribution in [2.45, 2.75) is 70.7 Å². The molecule has 0 spiro atoms. The molecule has 1 saturated heterocycles. The number of aliphatic hydroxyl groups excluding tert-OH is 1. The van der Waals surface area contributed by atoms with Gasteiger partial charge in [-0.1, -0.05) is 39.5 Å². The van der Waals surface area contributed by atoms with Crippen molar-refractivity contribution in [1.82, 2.24) is 0 Å². The standard InChI is InChI=1S/C10H22O.C4H8OS/c1-3-5-7-9-11-10-8-6-4-2;5-4-2-1-3-6-4/h3-10H2,1-2H3;4-5H,1-3H2. The van der Waals surface area contributed by atoms with E-state index in [1.807, 2.05) is 0 Å². The molecule has 3 heteroatoms. The molecular weight excluding hydrogens is 232 g/mol. The van der Waals surface area contributed by atoms with Crippen molar-refractivity contribution in [3.05, 3.63) is 0 Å². The fourth-order valence-electron chi connectivity index (χ4n) is 1.57. The van der Waals surface area contributed by atoms with E-state index in [1.54, 1.807) is 11.8 Å². The van der Waals surface area contributed by atoms with Gasteiger partial charge in [0.25, 0.3) is 0 Å². The van der Waals surface area contributed by atoms with Gasteiger partial charge in [-0.3, -0.25) is 0 Å². The van der Waals surface area contributed by atoms with E-state index >= 15 is 0 Å². The summed E-state index contributed by atoms with van der Waals surface area (Å²) >= 11 is 1.65. The van der Waals surface area contributed by atoms with Crippen molar-refractivity contribution in [3.8, 4) is 0 Å². The molecule has 0 aliphatic carbocycles. The number of ether oxygens (including phenoxy) is 1. The molecule has 1 fully saturated rings. The summed E-state index contributed by atoms with van der Waals surface area (Å²) in [6.45, 7) is 6.38. The molecular formula is C14H30O2S. The topological polar surface area (TPSA) is 29.5 Å². The summed E-state index contributed by atoms with van der Waals surface area (Å²) in [7, 11) is 0. The monoisotopic (exact) mass is 262 g/mol. The lowest BCUT2D eigenvalue weighted by Gasteiger charge is -2.01. The third-order valence-corrected chi connectivity index (χ3v) is 3.83. The van der Waals surface area contributed by atoms with Gasteiger partial charge in [0.2, 0.25) is 0 Å². The second-order valence-corrected chi connectivity index (χ2v) is 5.78. The number of aliphatic hydroxyl groups is 1. The van der Waals surface area contributed by atoms with E-state index in [9.17, 15) is 0 Å². The highest BCUT2D eigenvalue weighted by Crippen LogP contribution is 2.22. The zero-order chi connectivity index (χ0) is 12.8. The molecule has 1 N–H and O–H groups in total. The van der Waals surface area contributed by atoms with Crippen LogP contribution in [-0.4, -0.2) is 29.5 Å². The third kappa shape index (κ3) is 14.2. The van der Waals surface area contributed by atoms with Gasteiger partial charge in [0.1, 0.15) is 0 Å². The van der Waals surface area contributed by atoms with E-state index in [0.717, 1.165) is 25.4 Å². The van der Waals surface area contributed by atoms with Gasteiger partial charge in [-0.05, 0) is 31.4 Å². The van der Waals surface area contributed by atoms with Crippen LogP contribution in [0.25, 0.3) is 0 Å². The molecule has 0 bridgehead atoms. The molecule has 0 aromatic rings. The molecule has 1 aliphatic rings. The minimum Gasteiger partial charge on any atom is -0.382 e. The molecule has 1 heterocycles. The van der Waals surface area contributed by atoms with Crippen molar-refractivity contribution in [3.63, 3.8) is 0 Å². The molecule has 1 unspecified atom stereocenters. The highest BCUT2D eigenvalue weighted by molar-refractivity contribution is 7.99. The first-order chi connectivity index (χ1) is 8.31. The Hall–Kier alpha value is 0.270. The van der Waals surface area contributed by atoms with E-state index in [2.05, 4.69) is 13.8 Å². The van der Waals surface area contributed by atoms with Crippen molar-refractivity contribution in [2.75, 3.05) is 19.0 Å². The predicted molar refractivity (Wildman–Crippen MR) is 77.6 cm³/mol. The fraction of sp³-hybridized carbons (Fsp3) is 1.00. The van der Waals surface area contributed by atoms with E-state index in [4.69, 9.17) is 9.84 Å². The van der Waals surface area contributed by atoms with Crippen molar-refractivity contribution in [1.29, 1.82) is 0 Å². The van der Waals surface area contributed by atoms with E-state index in [-0.39, 0.29) is 5.44 Å². The molecule has 0 radical (unpaired) electrons. The summed E-state index contributed by atoms with van der Waals surface area (Å²) in [6.07, 6.45) is 9.89. The minimum absolute atomic E-state index is 0.0370. The SMILES string of the molecule is CCCCCOCCCCC.OC1CCCS1. The Morgan fingerprint density at radius 2 is 1.65 bits per heavy atom. The summed E-state index contributed by atoms with van der Waals surface area (Å²) in [5, 5.41) is 8.69. The van der Waals surface area contributed by atoms with Crippen molar-refractivity contribution >= 4 is 11.8 Å². The summed E-state index contributed by atoms with van der Waals surface area (Å²) in [4.78, 5) is 0. The maximum Gasteiger partial charge on any atom is 0.0993 e. The second-order valence-electron chi connectivity index (χ2n) is 4.49. The second kappa shape index (κ2) is 14.3. The summed E-state index contributed by atoms with van der Waals surface area (Å²) < 4.78 is 5.44. The number of unbranched alkanes of at least 4 members (excludes halogenated alkanes) is 4. The fourth-order valence-corrected chi connectivity index (χ4v) is 2.51. The van der Waals surface area contributed by atoms with Crippen molar-refractivity contribution in [2.24, 2.45) is 0 Å². The zero-order valence-electron chi connectivity index (χ0n) is 11.6. The molecule has 1 aliphatic heterocycles. The van der Waals surface area contributed by atoms with Gasteiger partial charge in [-0.25, -0.2) is 0 Å². The first-order valence-electron chi connectivity index (χ1n) is 7.18. The Morgan fingerprint density at radius 1 is 1.06 bits per heavy atom. The lowest BCUT2D eigenvalue weighted by Crippen LogP contribution is -1.96. The minimum atomic E-state index is -0.0370. The van der Waals surface area contributed by atoms with Crippen LogP contribution in [-0.2, 0) is 4.74 Å². The zero-order valence-corrected chi connectivity index (χ0v) is 12.4. The van der Waals surface area contributed by atoms with Gasteiger partial charge in [0.05, 0.1) is 5.44 Å². The maximum absolute atomic E-state index is 8.69. The van der Waals surface area contributed by atoms with Gasteiger partial charge in [-0.15, -0.1) is 11.8 Å². The number of hydrogen-bond acceptors (Lipinski definition) is 3.